The molecule has 2 aliphatic rings. The molecule has 0 spiro atoms. The van der Waals surface area contributed by atoms with Crippen molar-refractivity contribution in [2.75, 3.05) is 44.6 Å². The lowest BCUT2D eigenvalue weighted by Crippen LogP contribution is -2.55. The van der Waals surface area contributed by atoms with Gasteiger partial charge in [-0.1, -0.05) is 18.2 Å². The van der Waals surface area contributed by atoms with Crippen molar-refractivity contribution in [3.8, 4) is 0 Å². The zero-order chi connectivity index (χ0) is 22.7. The molecule has 4 rings (SSSR count). The van der Waals surface area contributed by atoms with E-state index in [2.05, 4.69) is 10.2 Å². The molecule has 32 heavy (non-hydrogen) atoms. The van der Waals surface area contributed by atoms with Crippen LogP contribution in [-0.4, -0.2) is 77.7 Å². The Balaban J connectivity index is 1.28. The van der Waals surface area contributed by atoms with Crippen LogP contribution in [-0.2, 0) is 9.59 Å². The number of nitrogens with one attached hydrogen (secondary N) is 1. The summed E-state index contributed by atoms with van der Waals surface area (Å²) in [7, 11) is 0. The molecule has 2 saturated heterocycles. The Morgan fingerprint density at radius 2 is 1.81 bits per heavy atom. The summed E-state index contributed by atoms with van der Waals surface area (Å²) in [6, 6.07) is 9.19. The SMILES string of the molecule is Cc1cccc(NC(=O)CN2CCN(C(=O)C3CCCN3C(=O)c3cccs3)CC2)c1C. The summed E-state index contributed by atoms with van der Waals surface area (Å²) >= 11 is 1.41. The number of thiophene rings is 1. The quantitative estimate of drug-likeness (QED) is 0.754. The van der Waals surface area contributed by atoms with E-state index < -0.39 is 0 Å². The molecular weight excluding hydrogens is 424 g/mol. The van der Waals surface area contributed by atoms with Crippen LogP contribution >= 0.6 is 11.3 Å². The van der Waals surface area contributed by atoms with Crippen LogP contribution in [0.3, 0.4) is 0 Å². The second-order valence-electron chi connectivity index (χ2n) is 8.53. The van der Waals surface area contributed by atoms with Crippen LogP contribution in [0.4, 0.5) is 5.69 Å². The average Bonchev–Trinajstić information content (AvgIpc) is 3.49. The van der Waals surface area contributed by atoms with Crippen LogP contribution < -0.4 is 5.32 Å². The van der Waals surface area contributed by atoms with Crippen LogP contribution in [0.1, 0.15) is 33.6 Å². The van der Waals surface area contributed by atoms with E-state index in [0.29, 0.717) is 50.6 Å². The minimum atomic E-state index is -0.372. The van der Waals surface area contributed by atoms with Crippen molar-refractivity contribution in [1.82, 2.24) is 14.7 Å². The first kappa shape index (κ1) is 22.5. The van der Waals surface area contributed by atoms with Gasteiger partial charge in [0, 0.05) is 38.4 Å². The van der Waals surface area contributed by atoms with E-state index in [1.54, 1.807) is 4.90 Å². The van der Waals surface area contributed by atoms with Crippen molar-refractivity contribution >= 4 is 34.7 Å². The lowest BCUT2D eigenvalue weighted by Gasteiger charge is -2.37. The van der Waals surface area contributed by atoms with Gasteiger partial charge in [-0.2, -0.15) is 0 Å². The number of hydrogen-bond acceptors (Lipinski definition) is 5. The van der Waals surface area contributed by atoms with Crippen molar-refractivity contribution in [2.45, 2.75) is 32.7 Å². The molecule has 2 aromatic rings. The molecule has 1 unspecified atom stereocenters. The van der Waals surface area contributed by atoms with Gasteiger partial charge in [-0.25, -0.2) is 0 Å². The Bertz CT molecular complexity index is 983. The number of anilines is 1. The highest BCUT2D eigenvalue weighted by Gasteiger charge is 2.38. The van der Waals surface area contributed by atoms with Crippen LogP contribution in [0.15, 0.2) is 35.7 Å². The number of rotatable bonds is 5. The molecule has 1 N–H and O–H groups in total. The highest BCUT2D eigenvalue weighted by molar-refractivity contribution is 7.12. The predicted octanol–water partition coefficient (Wildman–Crippen LogP) is 2.75. The third-order valence-electron chi connectivity index (χ3n) is 6.46. The number of carbonyl (C=O) groups is 3. The maximum absolute atomic E-state index is 13.2. The van der Waals surface area contributed by atoms with Crippen molar-refractivity contribution in [3.05, 3.63) is 51.7 Å². The maximum Gasteiger partial charge on any atom is 0.264 e. The van der Waals surface area contributed by atoms with Gasteiger partial charge in [0.15, 0.2) is 0 Å². The van der Waals surface area contributed by atoms with E-state index >= 15 is 0 Å². The highest BCUT2D eigenvalue weighted by Crippen LogP contribution is 2.24. The maximum atomic E-state index is 13.2. The van der Waals surface area contributed by atoms with Crippen LogP contribution in [0, 0.1) is 13.8 Å². The first-order valence-electron chi connectivity index (χ1n) is 11.2. The molecule has 3 amide bonds. The molecular formula is C24H30N4O3S. The standard InChI is InChI=1S/C24H30N4O3S/c1-17-6-3-7-19(18(17)2)25-22(29)16-26-11-13-27(14-12-26)23(30)20-8-4-10-28(20)24(31)21-9-5-15-32-21/h3,5-7,9,15,20H,4,8,10-14,16H2,1-2H3,(H,25,29). The third-order valence-corrected chi connectivity index (χ3v) is 7.32. The van der Waals surface area contributed by atoms with Gasteiger partial charge in [0.1, 0.15) is 6.04 Å². The second-order valence-corrected chi connectivity index (χ2v) is 9.48. The lowest BCUT2D eigenvalue weighted by molar-refractivity contribution is -0.137. The van der Waals surface area contributed by atoms with Gasteiger partial charge >= 0.3 is 0 Å². The van der Waals surface area contributed by atoms with Crippen LogP contribution in [0.25, 0.3) is 0 Å². The largest absolute Gasteiger partial charge is 0.338 e. The molecule has 1 aromatic heterocycles. The Morgan fingerprint density at radius 3 is 2.53 bits per heavy atom. The number of hydrogen-bond donors (Lipinski definition) is 1. The molecule has 1 atom stereocenters. The van der Waals surface area contributed by atoms with Gasteiger partial charge in [0.05, 0.1) is 11.4 Å². The smallest absolute Gasteiger partial charge is 0.264 e. The molecule has 2 aliphatic heterocycles. The Labute approximate surface area is 193 Å². The fourth-order valence-corrected chi connectivity index (χ4v) is 5.10. The second kappa shape index (κ2) is 9.83. The molecule has 170 valence electrons. The summed E-state index contributed by atoms with van der Waals surface area (Å²) in [5.74, 6) is -0.0496. The Hall–Kier alpha value is -2.71. The van der Waals surface area contributed by atoms with Crippen molar-refractivity contribution in [1.29, 1.82) is 0 Å². The Morgan fingerprint density at radius 1 is 1.03 bits per heavy atom. The average molecular weight is 455 g/mol. The molecule has 1 aromatic carbocycles. The first-order valence-corrected chi connectivity index (χ1v) is 12.0. The number of likely N-dealkylation sites (tertiary alicyclic amines) is 1. The third kappa shape index (κ3) is 4.86. The number of benzene rings is 1. The molecule has 0 radical (unpaired) electrons. The summed E-state index contributed by atoms with van der Waals surface area (Å²) in [5, 5.41) is 4.89. The van der Waals surface area contributed by atoms with Crippen LogP contribution in [0.2, 0.25) is 0 Å². The zero-order valence-corrected chi connectivity index (χ0v) is 19.5. The summed E-state index contributed by atoms with van der Waals surface area (Å²) in [6.45, 7) is 7.42. The molecule has 0 aliphatic carbocycles. The monoisotopic (exact) mass is 454 g/mol. The highest BCUT2D eigenvalue weighted by atomic mass is 32.1. The van der Waals surface area contributed by atoms with E-state index in [-0.39, 0.29) is 23.8 Å². The van der Waals surface area contributed by atoms with Gasteiger partial charge in [-0.15, -0.1) is 11.3 Å². The molecule has 7 nitrogen and oxygen atoms in total. The number of aryl methyl sites for hydroxylation is 1. The van der Waals surface area contributed by atoms with E-state index in [1.807, 2.05) is 54.5 Å². The van der Waals surface area contributed by atoms with Gasteiger partial charge in [0.2, 0.25) is 11.8 Å². The predicted molar refractivity (Wildman–Crippen MR) is 126 cm³/mol. The zero-order valence-electron chi connectivity index (χ0n) is 18.7. The molecule has 0 bridgehead atoms. The summed E-state index contributed by atoms with van der Waals surface area (Å²) in [4.78, 5) is 44.8. The van der Waals surface area contributed by atoms with Crippen molar-refractivity contribution in [3.63, 3.8) is 0 Å². The minimum absolute atomic E-state index is 0.0342. The number of amides is 3. The molecule has 2 fully saturated rings. The molecule has 3 heterocycles. The lowest BCUT2D eigenvalue weighted by atomic mass is 10.1. The number of piperazine rings is 1. The van der Waals surface area contributed by atoms with E-state index in [4.69, 9.17) is 0 Å². The van der Waals surface area contributed by atoms with Gasteiger partial charge in [0.25, 0.3) is 5.91 Å². The normalized spacial score (nSPS) is 19.2. The Kier molecular flexibility index (Phi) is 6.91. The fourth-order valence-electron chi connectivity index (χ4n) is 4.42. The van der Waals surface area contributed by atoms with Gasteiger partial charge in [-0.05, 0) is 55.3 Å². The number of carbonyl (C=O) groups excluding carboxylic acids is 3. The van der Waals surface area contributed by atoms with E-state index in [9.17, 15) is 14.4 Å². The van der Waals surface area contributed by atoms with Crippen LogP contribution in [0.5, 0.6) is 0 Å². The topological polar surface area (TPSA) is 73.0 Å². The van der Waals surface area contributed by atoms with E-state index in [1.165, 1.54) is 11.3 Å². The van der Waals surface area contributed by atoms with Crippen molar-refractivity contribution in [2.24, 2.45) is 0 Å². The minimum Gasteiger partial charge on any atom is -0.338 e. The summed E-state index contributed by atoms with van der Waals surface area (Å²) in [6.07, 6.45) is 1.57. The summed E-state index contributed by atoms with van der Waals surface area (Å²) in [5.41, 5.74) is 3.07. The van der Waals surface area contributed by atoms with Gasteiger partial charge in [-0.3, -0.25) is 19.3 Å². The molecule has 8 heteroatoms. The molecule has 0 saturated carbocycles. The van der Waals surface area contributed by atoms with Gasteiger partial charge < -0.3 is 15.1 Å². The van der Waals surface area contributed by atoms with Crippen molar-refractivity contribution < 1.29 is 14.4 Å². The van der Waals surface area contributed by atoms with E-state index in [0.717, 1.165) is 23.2 Å². The summed E-state index contributed by atoms with van der Waals surface area (Å²) < 4.78 is 0. The fraction of sp³-hybridized carbons (Fsp3) is 0.458. The first-order chi connectivity index (χ1) is 15.4. The number of nitrogens with zero attached hydrogens (tertiary/aromatic N) is 3.